The van der Waals surface area contributed by atoms with E-state index in [0.717, 1.165) is 13.1 Å². The van der Waals surface area contributed by atoms with Gasteiger partial charge in [-0.2, -0.15) is 0 Å². The fourth-order valence-electron chi connectivity index (χ4n) is 1.56. The molecule has 1 aromatic rings. The minimum atomic E-state index is 0.618. The molecule has 0 atom stereocenters. The molecule has 2 heteroatoms. The summed E-state index contributed by atoms with van der Waals surface area (Å²) in [6.07, 6.45) is 0. The lowest BCUT2D eigenvalue weighted by Crippen LogP contribution is -2.23. The molecule has 2 nitrogen and oxygen atoms in total. The molecule has 1 rings (SSSR count). The van der Waals surface area contributed by atoms with Crippen LogP contribution in [0.2, 0.25) is 0 Å². The summed E-state index contributed by atoms with van der Waals surface area (Å²) in [6.45, 7) is 7.02. The van der Waals surface area contributed by atoms with Gasteiger partial charge in [0.15, 0.2) is 0 Å². The lowest BCUT2D eigenvalue weighted by molar-refractivity contribution is 0.853. The molecule has 0 spiro atoms. The van der Waals surface area contributed by atoms with Crippen molar-refractivity contribution >= 4 is 5.69 Å². The lowest BCUT2D eigenvalue weighted by atomic mass is 10.1. The van der Waals surface area contributed by atoms with Gasteiger partial charge in [-0.25, -0.2) is 0 Å². The predicted molar refractivity (Wildman–Crippen MR) is 57.9 cm³/mol. The summed E-state index contributed by atoms with van der Waals surface area (Å²) in [5.74, 6) is 0. The Morgan fingerprint density at radius 1 is 1.15 bits per heavy atom. The van der Waals surface area contributed by atoms with Gasteiger partial charge in [-0.3, -0.25) is 0 Å². The van der Waals surface area contributed by atoms with Gasteiger partial charge in [-0.1, -0.05) is 18.2 Å². The van der Waals surface area contributed by atoms with E-state index in [4.69, 9.17) is 5.73 Å². The fraction of sp³-hybridized carbons (Fsp3) is 0.455. The van der Waals surface area contributed by atoms with Crippen LogP contribution in [0.3, 0.4) is 0 Å². The molecule has 13 heavy (non-hydrogen) atoms. The third kappa shape index (κ3) is 2.22. The molecule has 0 saturated carbocycles. The zero-order valence-electron chi connectivity index (χ0n) is 8.46. The topological polar surface area (TPSA) is 29.3 Å². The van der Waals surface area contributed by atoms with Crippen molar-refractivity contribution < 1.29 is 0 Å². The first-order chi connectivity index (χ1) is 6.33. The predicted octanol–water partition coefficient (Wildman–Crippen LogP) is 1.99. The van der Waals surface area contributed by atoms with Crippen molar-refractivity contribution in [2.24, 2.45) is 5.73 Å². The Bertz CT molecular complexity index is 254. The molecule has 1 aromatic carbocycles. The second kappa shape index (κ2) is 4.87. The summed E-state index contributed by atoms with van der Waals surface area (Å²) < 4.78 is 0. The number of rotatable bonds is 4. The molecule has 0 aliphatic carbocycles. The second-order valence-corrected chi connectivity index (χ2v) is 3.01. The van der Waals surface area contributed by atoms with E-state index in [9.17, 15) is 0 Å². The first-order valence-corrected chi connectivity index (χ1v) is 4.86. The molecule has 72 valence electrons. The number of nitrogens with two attached hydrogens (primary N) is 1. The van der Waals surface area contributed by atoms with Crippen molar-refractivity contribution in [1.29, 1.82) is 0 Å². The Balaban J connectivity index is 2.96. The first-order valence-electron chi connectivity index (χ1n) is 4.86. The number of nitrogens with zero attached hydrogens (tertiary/aromatic N) is 1. The quantitative estimate of drug-likeness (QED) is 0.764. The highest BCUT2D eigenvalue weighted by Crippen LogP contribution is 2.18. The smallest absolute Gasteiger partial charge is 0.0411 e. The average Bonchev–Trinajstić information content (AvgIpc) is 2.20. The standard InChI is InChI=1S/C11H18N2/c1-3-13(4-2)11-8-6-5-7-10(11)9-12/h5-8H,3-4,9,12H2,1-2H3. The van der Waals surface area contributed by atoms with Crippen molar-refractivity contribution in [3.63, 3.8) is 0 Å². The van der Waals surface area contributed by atoms with E-state index in [0.29, 0.717) is 6.54 Å². The summed E-state index contributed by atoms with van der Waals surface area (Å²) in [6, 6.07) is 8.32. The third-order valence-electron chi connectivity index (χ3n) is 2.32. The molecule has 0 heterocycles. The zero-order chi connectivity index (χ0) is 9.68. The minimum absolute atomic E-state index is 0.618. The molecule has 0 unspecified atom stereocenters. The van der Waals surface area contributed by atoms with Crippen molar-refractivity contribution in [2.45, 2.75) is 20.4 Å². The normalized spacial score (nSPS) is 10.1. The van der Waals surface area contributed by atoms with E-state index in [2.05, 4.69) is 36.9 Å². The Morgan fingerprint density at radius 2 is 1.77 bits per heavy atom. The average molecular weight is 178 g/mol. The summed E-state index contributed by atoms with van der Waals surface area (Å²) >= 11 is 0. The largest absolute Gasteiger partial charge is 0.372 e. The number of benzene rings is 1. The van der Waals surface area contributed by atoms with Gasteiger partial charge in [0.1, 0.15) is 0 Å². The Kier molecular flexibility index (Phi) is 3.77. The van der Waals surface area contributed by atoms with E-state index >= 15 is 0 Å². The van der Waals surface area contributed by atoms with Crippen LogP contribution < -0.4 is 10.6 Å². The number of hydrogen-bond donors (Lipinski definition) is 1. The van der Waals surface area contributed by atoms with Crippen LogP contribution in [-0.4, -0.2) is 13.1 Å². The number of para-hydroxylation sites is 1. The van der Waals surface area contributed by atoms with Gasteiger partial charge in [0.25, 0.3) is 0 Å². The maximum atomic E-state index is 5.67. The van der Waals surface area contributed by atoms with E-state index in [1.54, 1.807) is 0 Å². The van der Waals surface area contributed by atoms with E-state index < -0.39 is 0 Å². The van der Waals surface area contributed by atoms with Crippen LogP contribution in [0, 0.1) is 0 Å². The minimum Gasteiger partial charge on any atom is -0.372 e. The van der Waals surface area contributed by atoms with Crippen LogP contribution in [-0.2, 0) is 6.54 Å². The van der Waals surface area contributed by atoms with E-state index in [1.165, 1.54) is 11.3 Å². The monoisotopic (exact) mass is 178 g/mol. The molecule has 0 aliphatic rings. The van der Waals surface area contributed by atoms with Crippen LogP contribution >= 0.6 is 0 Å². The summed E-state index contributed by atoms with van der Waals surface area (Å²) in [5.41, 5.74) is 8.17. The van der Waals surface area contributed by atoms with Gasteiger partial charge in [0, 0.05) is 25.3 Å². The maximum Gasteiger partial charge on any atom is 0.0411 e. The van der Waals surface area contributed by atoms with E-state index in [-0.39, 0.29) is 0 Å². The van der Waals surface area contributed by atoms with Gasteiger partial charge in [-0.05, 0) is 25.5 Å². The van der Waals surface area contributed by atoms with Crippen LogP contribution in [0.15, 0.2) is 24.3 Å². The lowest BCUT2D eigenvalue weighted by Gasteiger charge is -2.23. The molecular formula is C11H18N2. The molecule has 0 saturated heterocycles. The molecule has 2 N–H and O–H groups in total. The summed E-state index contributed by atoms with van der Waals surface area (Å²) in [4.78, 5) is 2.32. The van der Waals surface area contributed by atoms with Gasteiger partial charge in [0.2, 0.25) is 0 Å². The second-order valence-electron chi connectivity index (χ2n) is 3.01. The Labute approximate surface area is 80.4 Å². The van der Waals surface area contributed by atoms with Gasteiger partial charge in [-0.15, -0.1) is 0 Å². The molecule has 0 aliphatic heterocycles. The van der Waals surface area contributed by atoms with Crippen LogP contribution in [0.1, 0.15) is 19.4 Å². The number of anilines is 1. The highest BCUT2D eigenvalue weighted by molar-refractivity contribution is 5.53. The highest BCUT2D eigenvalue weighted by atomic mass is 15.1. The molecule has 0 bridgehead atoms. The van der Waals surface area contributed by atoms with Crippen molar-refractivity contribution in [3.05, 3.63) is 29.8 Å². The van der Waals surface area contributed by atoms with Crippen molar-refractivity contribution in [1.82, 2.24) is 0 Å². The highest BCUT2D eigenvalue weighted by Gasteiger charge is 2.04. The Hall–Kier alpha value is -1.02. The Morgan fingerprint density at radius 3 is 2.31 bits per heavy atom. The fourth-order valence-corrected chi connectivity index (χ4v) is 1.56. The first kappa shape index (κ1) is 10.1. The number of hydrogen-bond acceptors (Lipinski definition) is 2. The van der Waals surface area contributed by atoms with Gasteiger partial charge < -0.3 is 10.6 Å². The molecule has 0 radical (unpaired) electrons. The van der Waals surface area contributed by atoms with Gasteiger partial charge in [0.05, 0.1) is 0 Å². The summed E-state index contributed by atoms with van der Waals surface area (Å²) in [7, 11) is 0. The molecule has 0 amide bonds. The molecule has 0 aromatic heterocycles. The van der Waals surface area contributed by atoms with Crippen LogP contribution in [0.4, 0.5) is 5.69 Å². The van der Waals surface area contributed by atoms with Crippen LogP contribution in [0.5, 0.6) is 0 Å². The van der Waals surface area contributed by atoms with Gasteiger partial charge >= 0.3 is 0 Å². The third-order valence-corrected chi connectivity index (χ3v) is 2.32. The van der Waals surface area contributed by atoms with Crippen molar-refractivity contribution in [3.8, 4) is 0 Å². The van der Waals surface area contributed by atoms with Crippen LogP contribution in [0.25, 0.3) is 0 Å². The maximum absolute atomic E-state index is 5.67. The molecule has 0 fully saturated rings. The molecular weight excluding hydrogens is 160 g/mol. The SMILES string of the molecule is CCN(CC)c1ccccc1CN. The summed E-state index contributed by atoms with van der Waals surface area (Å²) in [5, 5.41) is 0. The van der Waals surface area contributed by atoms with E-state index in [1.807, 2.05) is 6.07 Å². The van der Waals surface area contributed by atoms with Crippen molar-refractivity contribution in [2.75, 3.05) is 18.0 Å². The zero-order valence-corrected chi connectivity index (χ0v) is 8.46.